The second-order valence-corrected chi connectivity index (χ2v) is 8.27. The summed E-state index contributed by atoms with van der Waals surface area (Å²) in [5.41, 5.74) is 9.04. The summed E-state index contributed by atoms with van der Waals surface area (Å²) < 4.78 is 5.28. The van der Waals surface area contributed by atoms with E-state index in [4.69, 9.17) is 15.5 Å². The number of aromatic nitrogens is 1. The molecule has 5 nitrogen and oxygen atoms in total. The van der Waals surface area contributed by atoms with Crippen LogP contribution >= 0.6 is 11.3 Å². The molecule has 6 heteroatoms. The molecule has 0 spiro atoms. The normalized spacial score (nSPS) is 16.5. The summed E-state index contributed by atoms with van der Waals surface area (Å²) >= 11 is 1.82. The van der Waals surface area contributed by atoms with Gasteiger partial charge in [-0.1, -0.05) is 6.92 Å². The van der Waals surface area contributed by atoms with E-state index in [1.54, 1.807) is 13.2 Å². The summed E-state index contributed by atoms with van der Waals surface area (Å²) in [7, 11) is 1.55. The number of hydrogen-bond acceptors (Lipinski definition) is 6. The Morgan fingerprint density at radius 2 is 2.07 bits per heavy atom. The number of phenolic OH excluding ortho intramolecular Hbond substituents is 1. The largest absolute Gasteiger partial charge is 0.504 e. The molecule has 0 radical (unpaired) electrons. The van der Waals surface area contributed by atoms with Crippen LogP contribution < -0.4 is 15.4 Å². The lowest BCUT2D eigenvalue weighted by Gasteiger charge is -2.19. The van der Waals surface area contributed by atoms with E-state index < -0.39 is 0 Å². The Kier molecular flexibility index (Phi) is 5.24. The topological polar surface area (TPSA) is 71.6 Å². The molecule has 1 saturated heterocycles. The van der Waals surface area contributed by atoms with E-state index in [2.05, 4.69) is 36.1 Å². The minimum Gasteiger partial charge on any atom is -0.504 e. The van der Waals surface area contributed by atoms with Crippen molar-refractivity contribution in [1.29, 1.82) is 0 Å². The number of benzene rings is 1. The van der Waals surface area contributed by atoms with E-state index in [0.717, 1.165) is 48.6 Å². The van der Waals surface area contributed by atoms with Crippen LogP contribution in [0.1, 0.15) is 18.2 Å². The van der Waals surface area contributed by atoms with Crippen molar-refractivity contribution in [3.63, 3.8) is 0 Å². The zero-order chi connectivity index (χ0) is 19.7. The molecule has 1 aliphatic heterocycles. The number of nitrogens with zero attached hydrogens (tertiary/aromatic N) is 2. The van der Waals surface area contributed by atoms with Crippen molar-refractivity contribution in [2.45, 2.75) is 25.8 Å². The first-order valence-corrected chi connectivity index (χ1v) is 10.4. The van der Waals surface area contributed by atoms with Crippen LogP contribution in [0.5, 0.6) is 11.5 Å². The fraction of sp³-hybridized carbons (Fsp3) is 0.318. The summed E-state index contributed by atoms with van der Waals surface area (Å²) in [6, 6.07) is 14.2. The molecule has 1 unspecified atom stereocenters. The molecule has 0 aliphatic carbocycles. The Hall–Kier alpha value is -2.57. The number of methoxy groups -OCH3 is 1. The predicted molar refractivity (Wildman–Crippen MR) is 115 cm³/mol. The molecular weight excluding hydrogens is 370 g/mol. The highest BCUT2D eigenvalue weighted by atomic mass is 32.1. The smallest absolute Gasteiger partial charge is 0.161 e. The van der Waals surface area contributed by atoms with Crippen molar-refractivity contribution in [2.75, 3.05) is 25.1 Å². The van der Waals surface area contributed by atoms with Gasteiger partial charge < -0.3 is 20.5 Å². The van der Waals surface area contributed by atoms with Crippen molar-refractivity contribution in [1.82, 2.24) is 4.98 Å². The standard InChI is InChI=1S/C22H25N3O2S/c1-3-17-5-7-21(28-17)15-10-18(14-4-6-19(26)20(11-14)27-2)24-22(12-15)25-9-8-16(23)13-25/h4-7,10-12,16,26H,3,8-9,13,23H2,1-2H3. The number of thiophene rings is 1. The van der Waals surface area contributed by atoms with Crippen LogP contribution in [0, 0.1) is 0 Å². The van der Waals surface area contributed by atoms with Crippen molar-refractivity contribution >= 4 is 17.2 Å². The molecule has 1 aliphatic rings. The van der Waals surface area contributed by atoms with Gasteiger partial charge in [-0.2, -0.15) is 0 Å². The average molecular weight is 396 g/mol. The first-order valence-electron chi connectivity index (χ1n) is 9.56. The third-order valence-corrected chi connectivity index (χ3v) is 6.41. The van der Waals surface area contributed by atoms with Gasteiger partial charge in [-0.05, 0) is 60.9 Å². The summed E-state index contributed by atoms with van der Waals surface area (Å²) in [6.07, 6.45) is 2.01. The molecule has 4 rings (SSSR count). The number of ether oxygens (including phenoxy) is 1. The van der Waals surface area contributed by atoms with Crippen LogP contribution in [0.3, 0.4) is 0 Å². The summed E-state index contributed by atoms with van der Waals surface area (Å²) in [5, 5.41) is 9.93. The number of phenols is 1. The molecule has 1 aromatic carbocycles. The van der Waals surface area contributed by atoms with Crippen molar-refractivity contribution in [3.05, 3.63) is 47.3 Å². The SMILES string of the molecule is CCc1ccc(-c2cc(-c3ccc(O)c(OC)c3)nc(N3CCC(N)C3)c2)s1. The molecule has 3 aromatic rings. The summed E-state index contributed by atoms with van der Waals surface area (Å²) in [4.78, 5) is 9.77. The number of pyridine rings is 1. The molecule has 3 heterocycles. The maximum Gasteiger partial charge on any atom is 0.161 e. The Bertz CT molecular complexity index is 986. The molecule has 0 amide bonds. The van der Waals surface area contributed by atoms with Crippen LogP contribution in [-0.2, 0) is 6.42 Å². The Morgan fingerprint density at radius 1 is 1.21 bits per heavy atom. The molecule has 1 fully saturated rings. The minimum atomic E-state index is 0.124. The second kappa shape index (κ2) is 7.81. The van der Waals surface area contributed by atoms with Gasteiger partial charge in [-0.25, -0.2) is 4.98 Å². The quantitative estimate of drug-likeness (QED) is 0.674. The van der Waals surface area contributed by atoms with Gasteiger partial charge >= 0.3 is 0 Å². The van der Waals surface area contributed by atoms with Gasteiger partial charge in [0.25, 0.3) is 0 Å². The predicted octanol–water partition coefficient (Wildman–Crippen LogP) is 4.29. The zero-order valence-corrected chi connectivity index (χ0v) is 17.0. The van der Waals surface area contributed by atoms with Crippen molar-refractivity contribution in [3.8, 4) is 33.2 Å². The lowest BCUT2D eigenvalue weighted by Crippen LogP contribution is -2.26. The van der Waals surface area contributed by atoms with Crippen LogP contribution in [0.15, 0.2) is 42.5 Å². The first kappa shape index (κ1) is 18.8. The Balaban J connectivity index is 1.81. The van der Waals surface area contributed by atoms with E-state index in [1.807, 2.05) is 23.5 Å². The van der Waals surface area contributed by atoms with E-state index >= 15 is 0 Å². The second-order valence-electron chi connectivity index (χ2n) is 7.10. The molecule has 146 valence electrons. The average Bonchev–Trinajstić information content (AvgIpc) is 3.37. The van der Waals surface area contributed by atoms with E-state index in [9.17, 15) is 5.11 Å². The third kappa shape index (κ3) is 3.70. The zero-order valence-electron chi connectivity index (χ0n) is 16.2. The van der Waals surface area contributed by atoms with Gasteiger partial charge in [0.1, 0.15) is 5.82 Å². The van der Waals surface area contributed by atoms with Gasteiger partial charge in [-0.15, -0.1) is 11.3 Å². The van der Waals surface area contributed by atoms with Gasteiger partial charge in [0.05, 0.1) is 12.8 Å². The van der Waals surface area contributed by atoms with E-state index in [-0.39, 0.29) is 11.8 Å². The van der Waals surface area contributed by atoms with E-state index in [1.165, 1.54) is 9.75 Å². The monoisotopic (exact) mass is 395 g/mol. The lowest BCUT2D eigenvalue weighted by molar-refractivity contribution is 0.373. The highest BCUT2D eigenvalue weighted by molar-refractivity contribution is 7.15. The highest BCUT2D eigenvalue weighted by Crippen LogP contribution is 2.36. The molecule has 2 aromatic heterocycles. The number of aromatic hydroxyl groups is 1. The van der Waals surface area contributed by atoms with Crippen LogP contribution in [0.25, 0.3) is 21.7 Å². The van der Waals surface area contributed by atoms with Gasteiger partial charge in [-0.3, -0.25) is 0 Å². The minimum absolute atomic E-state index is 0.124. The van der Waals surface area contributed by atoms with Gasteiger partial charge in [0.15, 0.2) is 11.5 Å². The molecule has 0 bridgehead atoms. The Morgan fingerprint density at radius 3 is 2.75 bits per heavy atom. The fourth-order valence-corrected chi connectivity index (χ4v) is 4.46. The fourth-order valence-electron chi connectivity index (χ4n) is 3.52. The van der Waals surface area contributed by atoms with Crippen LogP contribution in [0.2, 0.25) is 0 Å². The number of aryl methyl sites for hydroxylation is 1. The highest BCUT2D eigenvalue weighted by Gasteiger charge is 2.22. The van der Waals surface area contributed by atoms with Crippen molar-refractivity contribution < 1.29 is 9.84 Å². The maximum atomic E-state index is 9.93. The lowest BCUT2D eigenvalue weighted by atomic mass is 10.1. The van der Waals surface area contributed by atoms with Crippen molar-refractivity contribution in [2.24, 2.45) is 5.73 Å². The molecule has 0 saturated carbocycles. The van der Waals surface area contributed by atoms with E-state index in [0.29, 0.717) is 5.75 Å². The van der Waals surface area contributed by atoms with Crippen LogP contribution in [0.4, 0.5) is 5.82 Å². The molecule has 28 heavy (non-hydrogen) atoms. The van der Waals surface area contributed by atoms with Gasteiger partial charge in [0, 0.05) is 34.4 Å². The Labute approximate surface area is 169 Å². The first-order chi connectivity index (χ1) is 13.6. The number of hydrogen-bond donors (Lipinski definition) is 2. The molecule has 1 atom stereocenters. The third-order valence-electron chi connectivity index (χ3n) is 5.13. The maximum absolute atomic E-state index is 9.93. The van der Waals surface area contributed by atoms with Gasteiger partial charge in [0.2, 0.25) is 0 Å². The molecular formula is C22H25N3O2S. The summed E-state index contributed by atoms with van der Waals surface area (Å²) in [6.45, 7) is 3.91. The number of rotatable bonds is 5. The summed E-state index contributed by atoms with van der Waals surface area (Å²) in [5.74, 6) is 1.51. The number of nitrogens with two attached hydrogens (primary N) is 1. The number of anilines is 1. The molecule has 3 N–H and O–H groups in total. The van der Waals surface area contributed by atoms with Crippen LogP contribution in [-0.4, -0.2) is 36.3 Å².